The van der Waals surface area contributed by atoms with E-state index < -0.39 is 24.1 Å². The van der Waals surface area contributed by atoms with Crippen LogP contribution in [0.4, 0.5) is 10.6 Å². The fraction of sp³-hybridized carbons (Fsp3) is 0.689. The number of ether oxygens (including phenoxy) is 5. The first-order chi connectivity index (χ1) is 45.0. The number of amides is 1. The average Bonchev–Trinajstić information content (AvgIpc) is 1.71. The molecule has 0 saturated carbocycles. The van der Waals surface area contributed by atoms with E-state index in [1.165, 1.54) is 100 Å². The molecule has 0 N–H and O–H groups in total. The van der Waals surface area contributed by atoms with Gasteiger partial charge in [0.25, 0.3) is 0 Å². The standard InChI is InChI=1S/C74H112Cl2N6O11/c1-7-9-11-13-15-17-19-21-23-25-27-29-31-33-35-40-67(84)89-54-61(55-90-68(85)41-36-34-32-30-28-26-24-22-20-18-16-14-12-10-8-2)92-69(86)48-57(3)38-37-39-58(4)49-70(87)93-71-63(75)50-60(51-64(71)76)53-91-74(88)82-47-44-62-72(78-56-79-73(62)82)80(6)65-52-81(46-43-59(65)5)66(83)42-45-77/h21-24,44,47,50-51,56-59,61,65H,7-20,25-43,46,48-49,52-55H2,1-6H3/b23-21+,24-22+. The summed E-state index contributed by atoms with van der Waals surface area (Å²) in [5, 5.41) is 9.82. The number of hydrogen-bond acceptors (Lipinski definition) is 15. The number of carbonyl (C=O) groups excluding carboxylic acids is 6. The number of anilines is 1. The molecule has 93 heavy (non-hydrogen) atoms. The average molecular weight is 1330 g/mol. The summed E-state index contributed by atoms with van der Waals surface area (Å²) in [5.41, 5.74) is 0.787. The van der Waals surface area contributed by atoms with Crippen LogP contribution >= 0.6 is 23.2 Å². The molecular formula is C74H112Cl2N6O11. The number of carbonyl (C=O) groups is 6. The molecule has 1 aliphatic heterocycles. The number of rotatable bonds is 49. The van der Waals surface area contributed by atoms with Gasteiger partial charge in [-0.2, -0.15) is 5.26 Å². The van der Waals surface area contributed by atoms with Gasteiger partial charge in [0.05, 0.1) is 27.5 Å². The van der Waals surface area contributed by atoms with Crippen molar-refractivity contribution in [3.8, 4) is 11.8 Å². The molecule has 1 fully saturated rings. The van der Waals surface area contributed by atoms with Crippen LogP contribution in [0.25, 0.3) is 11.0 Å². The maximum absolute atomic E-state index is 13.5. The number of hydrogen-bond donors (Lipinski definition) is 0. The van der Waals surface area contributed by atoms with Gasteiger partial charge in [0.1, 0.15) is 38.4 Å². The number of allylic oxidation sites excluding steroid dienone is 4. The van der Waals surface area contributed by atoms with Crippen molar-refractivity contribution in [2.45, 2.75) is 278 Å². The van der Waals surface area contributed by atoms with Crippen LogP contribution in [-0.4, -0.2) is 101 Å². The fourth-order valence-electron chi connectivity index (χ4n) is 11.8. The van der Waals surface area contributed by atoms with E-state index in [0.29, 0.717) is 61.2 Å². The fourth-order valence-corrected chi connectivity index (χ4v) is 12.4. The maximum Gasteiger partial charge on any atom is 0.420 e. The summed E-state index contributed by atoms with van der Waals surface area (Å²) in [4.78, 5) is 90.9. The van der Waals surface area contributed by atoms with Crippen molar-refractivity contribution in [3.63, 3.8) is 0 Å². The minimum atomic E-state index is -0.930. The van der Waals surface area contributed by atoms with Gasteiger partial charge in [-0.05, 0) is 112 Å². The molecule has 0 spiro atoms. The van der Waals surface area contributed by atoms with Gasteiger partial charge in [-0.3, -0.25) is 24.0 Å². The van der Waals surface area contributed by atoms with Crippen molar-refractivity contribution in [1.29, 1.82) is 5.26 Å². The van der Waals surface area contributed by atoms with Crippen LogP contribution < -0.4 is 9.64 Å². The number of unbranched alkanes of at least 4 members (excludes halogenated alkanes) is 22. The Morgan fingerprint density at radius 2 is 1.16 bits per heavy atom. The van der Waals surface area contributed by atoms with E-state index in [4.69, 9.17) is 52.1 Å². The topological polar surface area (TPSA) is 210 Å². The van der Waals surface area contributed by atoms with Crippen molar-refractivity contribution in [2.24, 2.45) is 17.8 Å². The van der Waals surface area contributed by atoms with Crippen LogP contribution in [-0.2, 0) is 49.5 Å². The second-order valence-electron chi connectivity index (χ2n) is 25.9. The largest absolute Gasteiger partial charge is 0.462 e. The zero-order valence-corrected chi connectivity index (χ0v) is 58.8. The van der Waals surface area contributed by atoms with E-state index in [1.54, 1.807) is 17.2 Å². The summed E-state index contributed by atoms with van der Waals surface area (Å²) in [7, 11) is 1.89. The second-order valence-corrected chi connectivity index (χ2v) is 26.7. The van der Waals surface area contributed by atoms with E-state index in [0.717, 1.165) is 89.9 Å². The molecule has 0 aliphatic carbocycles. The zero-order chi connectivity index (χ0) is 67.4. The molecule has 17 nitrogen and oxygen atoms in total. The third-order valence-corrected chi connectivity index (χ3v) is 18.1. The Hall–Kier alpha value is -5.99. The van der Waals surface area contributed by atoms with Crippen molar-refractivity contribution >= 4 is 75.9 Å². The van der Waals surface area contributed by atoms with Gasteiger partial charge in [0.2, 0.25) is 5.91 Å². The van der Waals surface area contributed by atoms with Crippen LogP contribution in [0.1, 0.15) is 265 Å². The first-order valence-electron chi connectivity index (χ1n) is 35.4. The summed E-state index contributed by atoms with van der Waals surface area (Å²) in [6.45, 7) is 10.9. The quantitative estimate of drug-likeness (QED) is 0.0169. The molecule has 1 aliphatic rings. The SMILES string of the molecule is CCCCCCCC/C=C/CCCCCCCC(=O)OCC(COC(=O)CCCCCCC/C=C/CCCCCCCC)OC(=O)CC(C)CCCC(C)CC(=O)Oc1c(Cl)cc(COC(=O)n2ccc3c(N(C)C4CN(C(=O)CC#N)CCC4C)ncnc32)cc1Cl. The number of benzene rings is 1. The van der Waals surface area contributed by atoms with Crippen LogP contribution in [0.3, 0.4) is 0 Å². The summed E-state index contributed by atoms with van der Waals surface area (Å²) in [6.07, 6.45) is 44.1. The molecule has 0 bridgehead atoms. The number of likely N-dealkylation sites (N-methyl/N-ethyl adjacent to an activating group) is 1. The second kappa shape index (κ2) is 47.8. The van der Waals surface area contributed by atoms with Gasteiger partial charge < -0.3 is 33.5 Å². The number of nitrogens with zero attached hydrogens (tertiary/aromatic N) is 6. The molecule has 1 amide bonds. The summed E-state index contributed by atoms with van der Waals surface area (Å²) in [5.74, 6) is -1.27. The number of halogens is 2. The lowest BCUT2D eigenvalue weighted by atomic mass is 9.92. The lowest BCUT2D eigenvalue weighted by Crippen LogP contribution is -2.52. The van der Waals surface area contributed by atoms with E-state index in [1.807, 2.05) is 31.9 Å². The highest BCUT2D eigenvalue weighted by molar-refractivity contribution is 6.37. The van der Waals surface area contributed by atoms with Crippen molar-refractivity contribution < 1.29 is 52.5 Å². The summed E-state index contributed by atoms with van der Waals surface area (Å²) in [6, 6.07) is 6.62. The summed E-state index contributed by atoms with van der Waals surface area (Å²) < 4.78 is 29.6. The number of esters is 4. The monoisotopic (exact) mass is 1330 g/mol. The maximum atomic E-state index is 13.5. The van der Waals surface area contributed by atoms with Gasteiger partial charge in [0, 0.05) is 52.0 Å². The molecule has 1 aromatic carbocycles. The molecule has 4 atom stereocenters. The Balaban J connectivity index is 1.17. The lowest BCUT2D eigenvalue weighted by molar-refractivity contribution is -0.167. The molecule has 1 saturated heterocycles. The highest BCUT2D eigenvalue weighted by atomic mass is 35.5. The van der Waals surface area contributed by atoms with Crippen molar-refractivity contribution in [1.82, 2.24) is 19.4 Å². The smallest absolute Gasteiger partial charge is 0.420 e. The Labute approximate surface area is 566 Å². The van der Waals surface area contributed by atoms with Gasteiger partial charge >= 0.3 is 30.0 Å². The first-order valence-corrected chi connectivity index (χ1v) is 36.2. The van der Waals surface area contributed by atoms with E-state index >= 15 is 0 Å². The zero-order valence-electron chi connectivity index (χ0n) is 57.3. The Morgan fingerprint density at radius 1 is 0.667 bits per heavy atom. The highest BCUT2D eigenvalue weighted by Gasteiger charge is 2.33. The van der Waals surface area contributed by atoms with E-state index in [9.17, 15) is 28.8 Å². The normalized spacial score (nSPS) is 14.8. The van der Waals surface area contributed by atoms with E-state index in [-0.39, 0.29) is 109 Å². The molecule has 4 rings (SSSR count). The molecule has 3 heterocycles. The Bertz CT molecular complexity index is 2700. The number of likely N-dealkylation sites (tertiary alicyclic amines) is 1. The molecule has 2 aromatic heterocycles. The van der Waals surface area contributed by atoms with Crippen LogP contribution in [0.15, 0.2) is 55.0 Å². The minimum Gasteiger partial charge on any atom is -0.462 e. The molecule has 518 valence electrons. The number of fused-ring (bicyclic) bond motifs is 1. The molecular weight excluding hydrogens is 1220 g/mol. The molecule has 0 radical (unpaired) electrons. The molecule has 19 heteroatoms. The number of aromatic nitrogens is 3. The highest BCUT2D eigenvalue weighted by Crippen LogP contribution is 2.36. The predicted molar refractivity (Wildman–Crippen MR) is 370 cm³/mol. The van der Waals surface area contributed by atoms with Crippen LogP contribution in [0, 0.1) is 29.1 Å². The van der Waals surface area contributed by atoms with Gasteiger partial charge in [-0.1, -0.05) is 204 Å². The van der Waals surface area contributed by atoms with Gasteiger partial charge in [-0.15, -0.1) is 0 Å². The predicted octanol–water partition coefficient (Wildman–Crippen LogP) is 18.7. The Morgan fingerprint density at radius 3 is 1.68 bits per heavy atom. The van der Waals surface area contributed by atoms with Gasteiger partial charge in [0.15, 0.2) is 17.5 Å². The number of piperidine rings is 1. The van der Waals surface area contributed by atoms with Gasteiger partial charge in [-0.25, -0.2) is 19.3 Å². The van der Waals surface area contributed by atoms with Crippen LogP contribution in [0.5, 0.6) is 5.75 Å². The summed E-state index contributed by atoms with van der Waals surface area (Å²) >= 11 is 13.2. The first kappa shape index (κ1) is 79.4. The molecule has 4 unspecified atom stereocenters. The third-order valence-electron chi connectivity index (χ3n) is 17.5. The van der Waals surface area contributed by atoms with E-state index in [2.05, 4.69) is 55.0 Å². The van der Waals surface area contributed by atoms with Crippen molar-refractivity contribution in [2.75, 3.05) is 38.3 Å². The number of nitriles is 1. The third kappa shape index (κ3) is 32.8. The minimum absolute atomic E-state index is 0.00740. The van der Waals surface area contributed by atoms with Crippen LogP contribution in [0.2, 0.25) is 10.0 Å². The lowest BCUT2D eigenvalue weighted by Gasteiger charge is -2.42. The Kier molecular flexibility index (Phi) is 40.9. The molecule has 3 aromatic rings. The van der Waals surface area contributed by atoms with Crippen molar-refractivity contribution in [3.05, 3.63) is 70.6 Å².